The van der Waals surface area contributed by atoms with Crippen LogP contribution in [-0.2, 0) is 6.54 Å². The van der Waals surface area contributed by atoms with Gasteiger partial charge >= 0.3 is 0 Å². The topological polar surface area (TPSA) is 32.7 Å². The first-order chi connectivity index (χ1) is 8.67. The van der Waals surface area contributed by atoms with Crippen molar-refractivity contribution in [2.45, 2.75) is 19.1 Å². The largest absolute Gasteiger partial charge is 0.495 e. The standard InChI is InChI=1S/C14H18ClNO2/c1-18-14-3-2-9(4-12(14)15)6-16-7-10-5-13(17)11(10)8-16/h2-4,10-11,13,17H,5-8H2,1H3/t10-,11+,13-/m1/s1. The molecule has 1 aliphatic carbocycles. The maximum Gasteiger partial charge on any atom is 0.137 e. The van der Waals surface area contributed by atoms with Gasteiger partial charge in [-0.05, 0) is 30.0 Å². The molecule has 0 radical (unpaired) electrons. The fraction of sp³-hybridized carbons (Fsp3) is 0.571. The molecule has 3 nitrogen and oxygen atoms in total. The van der Waals surface area contributed by atoms with Crippen LogP contribution in [0.3, 0.4) is 0 Å². The minimum atomic E-state index is -0.0699. The van der Waals surface area contributed by atoms with E-state index in [4.69, 9.17) is 16.3 Å². The molecule has 0 spiro atoms. The van der Waals surface area contributed by atoms with Crippen LogP contribution in [0.1, 0.15) is 12.0 Å². The second-order valence-electron chi connectivity index (χ2n) is 5.39. The molecule has 2 fully saturated rings. The van der Waals surface area contributed by atoms with Crippen LogP contribution in [-0.4, -0.2) is 36.3 Å². The van der Waals surface area contributed by atoms with Crippen molar-refractivity contribution in [3.63, 3.8) is 0 Å². The summed E-state index contributed by atoms with van der Waals surface area (Å²) in [5, 5.41) is 10.3. The predicted molar refractivity (Wildman–Crippen MR) is 70.9 cm³/mol. The summed E-state index contributed by atoms with van der Waals surface area (Å²) in [5.41, 5.74) is 1.21. The second kappa shape index (κ2) is 4.72. The van der Waals surface area contributed by atoms with E-state index in [-0.39, 0.29) is 6.10 Å². The number of fused-ring (bicyclic) bond motifs is 1. The molecule has 1 aliphatic heterocycles. The Hall–Kier alpha value is -0.770. The van der Waals surface area contributed by atoms with Crippen LogP contribution in [0.4, 0.5) is 0 Å². The van der Waals surface area contributed by atoms with Gasteiger partial charge in [0, 0.05) is 25.6 Å². The summed E-state index contributed by atoms with van der Waals surface area (Å²) in [6.07, 6.45) is 0.907. The van der Waals surface area contributed by atoms with Crippen molar-refractivity contribution in [2.75, 3.05) is 20.2 Å². The number of ether oxygens (including phenoxy) is 1. The third kappa shape index (κ3) is 2.11. The van der Waals surface area contributed by atoms with E-state index in [2.05, 4.69) is 11.0 Å². The molecule has 1 saturated carbocycles. The van der Waals surface area contributed by atoms with Crippen molar-refractivity contribution < 1.29 is 9.84 Å². The van der Waals surface area contributed by atoms with Gasteiger partial charge in [0.15, 0.2) is 0 Å². The van der Waals surface area contributed by atoms with Crippen LogP contribution < -0.4 is 4.74 Å². The lowest BCUT2D eigenvalue weighted by Crippen LogP contribution is -2.39. The lowest BCUT2D eigenvalue weighted by molar-refractivity contribution is -0.00435. The predicted octanol–water partition coefficient (Wildman–Crippen LogP) is 2.16. The first-order valence-electron chi connectivity index (χ1n) is 6.40. The Labute approximate surface area is 112 Å². The van der Waals surface area contributed by atoms with E-state index in [0.29, 0.717) is 16.9 Å². The van der Waals surface area contributed by atoms with Gasteiger partial charge in [-0.1, -0.05) is 17.7 Å². The summed E-state index contributed by atoms with van der Waals surface area (Å²) in [4.78, 5) is 2.41. The Morgan fingerprint density at radius 2 is 2.28 bits per heavy atom. The molecule has 1 saturated heterocycles. The summed E-state index contributed by atoms with van der Waals surface area (Å²) >= 11 is 6.12. The van der Waals surface area contributed by atoms with Gasteiger partial charge in [-0.15, -0.1) is 0 Å². The third-order valence-corrected chi connectivity index (χ3v) is 4.52. The van der Waals surface area contributed by atoms with Gasteiger partial charge in [0.2, 0.25) is 0 Å². The number of halogens is 1. The third-order valence-electron chi connectivity index (χ3n) is 4.23. The number of likely N-dealkylation sites (tertiary alicyclic amines) is 1. The molecular weight excluding hydrogens is 250 g/mol. The lowest BCUT2D eigenvalue weighted by Gasteiger charge is -2.35. The Morgan fingerprint density at radius 1 is 1.44 bits per heavy atom. The van der Waals surface area contributed by atoms with E-state index >= 15 is 0 Å². The van der Waals surface area contributed by atoms with E-state index in [0.717, 1.165) is 31.8 Å². The maximum absolute atomic E-state index is 9.65. The highest BCUT2D eigenvalue weighted by Crippen LogP contribution is 2.41. The quantitative estimate of drug-likeness (QED) is 0.911. The van der Waals surface area contributed by atoms with E-state index in [1.807, 2.05) is 12.1 Å². The van der Waals surface area contributed by atoms with E-state index in [1.165, 1.54) is 5.56 Å². The minimum Gasteiger partial charge on any atom is -0.495 e. The smallest absolute Gasteiger partial charge is 0.137 e. The number of hydrogen-bond donors (Lipinski definition) is 1. The van der Waals surface area contributed by atoms with E-state index in [1.54, 1.807) is 7.11 Å². The zero-order chi connectivity index (χ0) is 12.7. The lowest BCUT2D eigenvalue weighted by atomic mass is 9.74. The Kier molecular flexibility index (Phi) is 3.22. The van der Waals surface area contributed by atoms with E-state index in [9.17, 15) is 5.11 Å². The van der Waals surface area contributed by atoms with Gasteiger partial charge in [0.05, 0.1) is 18.2 Å². The number of aliphatic hydroxyl groups excluding tert-OH is 1. The number of benzene rings is 1. The zero-order valence-corrected chi connectivity index (χ0v) is 11.2. The fourth-order valence-corrected chi connectivity index (χ4v) is 3.44. The van der Waals surface area contributed by atoms with Crippen LogP contribution in [0.25, 0.3) is 0 Å². The first kappa shape index (κ1) is 12.3. The number of nitrogens with zero attached hydrogens (tertiary/aromatic N) is 1. The first-order valence-corrected chi connectivity index (χ1v) is 6.78. The summed E-state index contributed by atoms with van der Waals surface area (Å²) < 4.78 is 5.15. The van der Waals surface area contributed by atoms with Gasteiger partial charge in [-0.2, -0.15) is 0 Å². The molecule has 0 amide bonds. The molecule has 1 heterocycles. The number of hydrogen-bond acceptors (Lipinski definition) is 3. The Balaban J connectivity index is 1.65. The zero-order valence-electron chi connectivity index (χ0n) is 10.5. The van der Waals surface area contributed by atoms with Crippen molar-refractivity contribution in [3.8, 4) is 5.75 Å². The minimum absolute atomic E-state index is 0.0699. The molecular formula is C14H18ClNO2. The molecule has 2 aliphatic rings. The average molecular weight is 268 g/mol. The Morgan fingerprint density at radius 3 is 2.89 bits per heavy atom. The Bertz CT molecular complexity index is 451. The fourth-order valence-electron chi connectivity index (χ4n) is 3.16. The van der Waals surface area contributed by atoms with Gasteiger partial charge in [0.25, 0.3) is 0 Å². The highest BCUT2D eigenvalue weighted by molar-refractivity contribution is 6.32. The molecule has 3 atom stereocenters. The molecule has 98 valence electrons. The van der Waals surface area contributed by atoms with Crippen LogP contribution in [0.2, 0.25) is 5.02 Å². The molecule has 1 aromatic carbocycles. The van der Waals surface area contributed by atoms with Gasteiger partial charge < -0.3 is 9.84 Å². The molecule has 0 bridgehead atoms. The average Bonchev–Trinajstić information content (AvgIpc) is 2.66. The maximum atomic E-state index is 9.65. The van der Waals surface area contributed by atoms with Crippen LogP contribution in [0.15, 0.2) is 18.2 Å². The monoisotopic (exact) mass is 267 g/mol. The van der Waals surface area contributed by atoms with Crippen LogP contribution >= 0.6 is 11.6 Å². The van der Waals surface area contributed by atoms with Crippen molar-refractivity contribution in [1.29, 1.82) is 0 Å². The van der Waals surface area contributed by atoms with Crippen LogP contribution in [0, 0.1) is 11.8 Å². The van der Waals surface area contributed by atoms with Crippen LogP contribution in [0.5, 0.6) is 5.75 Å². The molecule has 1 aromatic rings. The van der Waals surface area contributed by atoms with Gasteiger partial charge in [0.1, 0.15) is 5.75 Å². The van der Waals surface area contributed by atoms with Crippen molar-refractivity contribution in [1.82, 2.24) is 4.90 Å². The molecule has 18 heavy (non-hydrogen) atoms. The normalized spacial score (nSPS) is 30.9. The molecule has 4 heteroatoms. The van der Waals surface area contributed by atoms with Crippen molar-refractivity contribution in [2.24, 2.45) is 11.8 Å². The van der Waals surface area contributed by atoms with Gasteiger partial charge in [-0.3, -0.25) is 4.90 Å². The van der Waals surface area contributed by atoms with Gasteiger partial charge in [-0.25, -0.2) is 0 Å². The van der Waals surface area contributed by atoms with E-state index < -0.39 is 0 Å². The highest BCUT2D eigenvalue weighted by Gasteiger charge is 2.45. The summed E-state index contributed by atoms with van der Waals surface area (Å²) in [5.74, 6) is 1.92. The molecule has 0 unspecified atom stereocenters. The summed E-state index contributed by atoms with van der Waals surface area (Å²) in [7, 11) is 1.63. The molecule has 0 aromatic heterocycles. The molecule has 1 N–H and O–H groups in total. The van der Waals surface area contributed by atoms with Crippen molar-refractivity contribution in [3.05, 3.63) is 28.8 Å². The molecule has 3 rings (SSSR count). The van der Waals surface area contributed by atoms with Crippen molar-refractivity contribution >= 4 is 11.6 Å². The summed E-state index contributed by atoms with van der Waals surface area (Å²) in [6.45, 7) is 3.02. The second-order valence-corrected chi connectivity index (χ2v) is 5.80. The summed E-state index contributed by atoms with van der Waals surface area (Å²) in [6, 6.07) is 5.94. The highest BCUT2D eigenvalue weighted by atomic mass is 35.5. The SMILES string of the molecule is COc1ccc(CN2C[C@H]3C[C@@H](O)[C@H]3C2)cc1Cl. The number of rotatable bonds is 3. The number of methoxy groups -OCH3 is 1. The number of aliphatic hydroxyl groups is 1.